The number of H-pyrrole nitrogens is 1. The van der Waals surface area contributed by atoms with Crippen LogP contribution in [0.3, 0.4) is 0 Å². The SMILES string of the molecule is Cc1cnc2c(S(=O)(=O)N[C@H](c3n[nH]c(=O)o3)[C@H](C)c3cccc4c3CCC4)cccc2c1. The summed E-state index contributed by atoms with van der Waals surface area (Å²) in [6.07, 6.45) is 4.65. The maximum absolute atomic E-state index is 13.6. The molecule has 0 bridgehead atoms. The summed E-state index contributed by atoms with van der Waals surface area (Å²) in [6.45, 7) is 3.82. The fourth-order valence-electron chi connectivity index (χ4n) is 4.69. The van der Waals surface area contributed by atoms with Crippen LogP contribution in [0.2, 0.25) is 0 Å². The lowest BCUT2D eigenvalue weighted by atomic mass is 9.88. The molecule has 0 saturated carbocycles. The Morgan fingerprint density at radius 3 is 2.76 bits per heavy atom. The maximum atomic E-state index is 13.6. The Balaban J connectivity index is 1.59. The average Bonchev–Trinajstić information content (AvgIpc) is 3.45. The van der Waals surface area contributed by atoms with Crippen molar-refractivity contribution in [3.8, 4) is 0 Å². The quantitative estimate of drug-likeness (QED) is 0.451. The van der Waals surface area contributed by atoms with E-state index in [2.05, 4.69) is 26.0 Å². The fourth-order valence-corrected chi connectivity index (χ4v) is 6.14. The van der Waals surface area contributed by atoms with Gasteiger partial charge in [0.2, 0.25) is 15.9 Å². The molecule has 5 rings (SSSR count). The van der Waals surface area contributed by atoms with E-state index in [1.807, 2.05) is 38.1 Å². The molecule has 9 heteroatoms. The van der Waals surface area contributed by atoms with E-state index in [9.17, 15) is 13.2 Å². The van der Waals surface area contributed by atoms with E-state index in [4.69, 9.17) is 4.42 Å². The third kappa shape index (κ3) is 3.98. The molecule has 1 aliphatic rings. The molecule has 33 heavy (non-hydrogen) atoms. The number of aromatic amines is 1. The van der Waals surface area contributed by atoms with E-state index >= 15 is 0 Å². The predicted octanol–water partition coefficient (Wildman–Crippen LogP) is 3.53. The van der Waals surface area contributed by atoms with Crippen LogP contribution < -0.4 is 10.5 Å². The molecule has 0 saturated heterocycles. The Bertz CT molecular complexity index is 1510. The Morgan fingerprint density at radius 1 is 1.15 bits per heavy atom. The monoisotopic (exact) mass is 464 g/mol. The van der Waals surface area contributed by atoms with Crippen molar-refractivity contribution < 1.29 is 12.8 Å². The first-order valence-corrected chi connectivity index (χ1v) is 12.4. The second-order valence-electron chi connectivity index (χ2n) is 8.52. The van der Waals surface area contributed by atoms with Crippen LogP contribution >= 0.6 is 0 Å². The Morgan fingerprint density at radius 2 is 1.97 bits per heavy atom. The second-order valence-corrected chi connectivity index (χ2v) is 10.2. The highest BCUT2D eigenvalue weighted by Crippen LogP contribution is 2.37. The number of fused-ring (bicyclic) bond motifs is 2. The number of sulfonamides is 1. The average molecular weight is 465 g/mol. The summed E-state index contributed by atoms with van der Waals surface area (Å²) in [4.78, 5) is 16.1. The standard InChI is InChI=1S/C24H24N4O4S/c1-14-12-17-8-5-11-20(22(17)25-13-14)33(30,31)28-21(23-26-27-24(29)32-23)15(2)18-9-3-6-16-7-4-10-19(16)18/h3,5-6,8-9,11-13,15,21,28H,4,7,10H2,1-2H3,(H,27,29)/t15-,21+/m1/s1. The molecule has 0 aliphatic heterocycles. The Hall–Kier alpha value is -3.30. The summed E-state index contributed by atoms with van der Waals surface area (Å²) in [6, 6.07) is 12.1. The number of aryl methyl sites for hydroxylation is 2. The molecule has 4 aromatic rings. The van der Waals surface area contributed by atoms with E-state index in [1.165, 1.54) is 17.2 Å². The lowest BCUT2D eigenvalue weighted by Gasteiger charge is -2.24. The Labute approximate surface area is 191 Å². The van der Waals surface area contributed by atoms with Gasteiger partial charge in [0.1, 0.15) is 10.9 Å². The van der Waals surface area contributed by atoms with Crippen molar-refractivity contribution in [3.05, 3.63) is 87.4 Å². The number of hydrogen-bond donors (Lipinski definition) is 2. The van der Waals surface area contributed by atoms with Gasteiger partial charge in [-0.1, -0.05) is 37.3 Å². The minimum absolute atomic E-state index is 0.00397. The van der Waals surface area contributed by atoms with Crippen LogP contribution in [0.4, 0.5) is 0 Å². The number of para-hydroxylation sites is 1. The van der Waals surface area contributed by atoms with Gasteiger partial charge in [0.25, 0.3) is 0 Å². The van der Waals surface area contributed by atoms with Crippen LogP contribution in [-0.2, 0) is 22.9 Å². The van der Waals surface area contributed by atoms with Gasteiger partial charge in [0.15, 0.2) is 0 Å². The van der Waals surface area contributed by atoms with Crippen molar-refractivity contribution in [2.75, 3.05) is 0 Å². The predicted molar refractivity (Wildman–Crippen MR) is 124 cm³/mol. The molecule has 2 aromatic carbocycles. The smallest absolute Gasteiger partial charge is 0.391 e. The zero-order chi connectivity index (χ0) is 23.2. The first-order chi connectivity index (χ1) is 15.8. The largest absolute Gasteiger partial charge is 0.434 e. The molecule has 1 aliphatic carbocycles. The zero-order valence-corrected chi connectivity index (χ0v) is 19.1. The molecule has 170 valence electrons. The van der Waals surface area contributed by atoms with E-state index in [-0.39, 0.29) is 16.7 Å². The van der Waals surface area contributed by atoms with Gasteiger partial charge in [-0.05, 0) is 60.6 Å². The fraction of sp³-hybridized carbons (Fsp3) is 0.292. The zero-order valence-electron chi connectivity index (χ0n) is 18.3. The van der Waals surface area contributed by atoms with Crippen molar-refractivity contribution >= 4 is 20.9 Å². The minimum atomic E-state index is -4.03. The molecule has 2 aromatic heterocycles. The third-order valence-corrected chi connectivity index (χ3v) is 7.75. The lowest BCUT2D eigenvalue weighted by molar-refractivity contribution is 0.381. The van der Waals surface area contributed by atoms with Gasteiger partial charge in [-0.2, -0.15) is 4.72 Å². The van der Waals surface area contributed by atoms with Crippen LogP contribution in [0.1, 0.15) is 53.4 Å². The van der Waals surface area contributed by atoms with Gasteiger partial charge in [-0.3, -0.25) is 4.98 Å². The normalized spacial score (nSPS) is 15.5. The number of pyridine rings is 1. The van der Waals surface area contributed by atoms with Crippen molar-refractivity contribution in [1.82, 2.24) is 19.9 Å². The molecule has 0 amide bonds. The molecular formula is C24H24N4O4S. The lowest BCUT2D eigenvalue weighted by Crippen LogP contribution is -2.32. The molecule has 8 nitrogen and oxygen atoms in total. The van der Waals surface area contributed by atoms with Crippen molar-refractivity contribution in [2.45, 2.75) is 50.0 Å². The number of rotatable bonds is 6. The number of nitrogens with one attached hydrogen (secondary N) is 2. The highest BCUT2D eigenvalue weighted by Gasteiger charge is 2.33. The summed E-state index contributed by atoms with van der Waals surface area (Å²) < 4.78 is 35.1. The number of aromatic nitrogens is 3. The summed E-state index contributed by atoms with van der Waals surface area (Å²) in [5.74, 6) is -1.07. The van der Waals surface area contributed by atoms with E-state index in [1.54, 1.807) is 12.3 Å². The molecule has 0 unspecified atom stereocenters. The van der Waals surface area contributed by atoms with Gasteiger partial charge in [0.05, 0.1) is 5.52 Å². The molecule has 2 heterocycles. The first kappa shape index (κ1) is 21.5. The molecule has 0 fully saturated rings. The van der Waals surface area contributed by atoms with Gasteiger partial charge < -0.3 is 4.42 Å². The molecule has 0 spiro atoms. The molecule has 0 radical (unpaired) electrons. The van der Waals surface area contributed by atoms with Gasteiger partial charge in [-0.15, -0.1) is 5.10 Å². The van der Waals surface area contributed by atoms with Gasteiger partial charge in [0, 0.05) is 17.5 Å². The highest BCUT2D eigenvalue weighted by molar-refractivity contribution is 7.89. The topological polar surface area (TPSA) is 118 Å². The number of benzene rings is 2. The summed E-state index contributed by atoms with van der Waals surface area (Å²) in [5.41, 5.74) is 4.85. The van der Waals surface area contributed by atoms with Crippen LogP contribution in [0.5, 0.6) is 0 Å². The van der Waals surface area contributed by atoms with Crippen LogP contribution in [-0.4, -0.2) is 23.6 Å². The summed E-state index contributed by atoms with van der Waals surface area (Å²) >= 11 is 0. The van der Waals surface area contributed by atoms with Crippen LogP contribution in [0.25, 0.3) is 10.9 Å². The maximum Gasteiger partial charge on any atom is 0.434 e. The molecule has 2 N–H and O–H groups in total. The minimum Gasteiger partial charge on any atom is -0.391 e. The van der Waals surface area contributed by atoms with Crippen LogP contribution in [0, 0.1) is 6.92 Å². The van der Waals surface area contributed by atoms with E-state index < -0.39 is 21.8 Å². The highest BCUT2D eigenvalue weighted by atomic mass is 32.2. The third-order valence-electron chi connectivity index (χ3n) is 6.28. The number of hydrogen-bond acceptors (Lipinski definition) is 6. The second kappa shape index (κ2) is 8.24. The summed E-state index contributed by atoms with van der Waals surface area (Å²) in [5, 5.41) is 6.94. The van der Waals surface area contributed by atoms with Crippen molar-refractivity contribution in [3.63, 3.8) is 0 Å². The molecule has 2 atom stereocenters. The molecular weight excluding hydrogens is 440 g/mol. The Kier molecular flexibility index (Phi) is 5.38. The summed E-state index contributed by atoms with van der Waals surface area (Å²) in [7, 11) is -4.03. The van der Waals surface area contributed by atoms with Gasteiger partial charge >= 0.3 is 5.76 Å². The van der Waals surface area contributed by atoms with Gasteiger partial charge in [-0.25, -0.2) is 18.3 Å². The van der Waals surface area contributed by atoms with E-state index in [0.29, 0.717) is 5.52 Å². The van der Waals surface area contributed by atoms with Crippen LogP contribution in [0.15, 0.2) is 62.8 Å². The first-order valence-electron chi connectivity index (χ1n) is 10.9. The van der Waals surface area contributed by atoms with Crippen molar-refractivity contribution in [1.29, 1.82) is 0 Å². The number of nitrogens with zero attached hydrogens (tertiary/aromatic N) is 2. The van der Waals surface area contributed by atoms with E-state index in [0.717, 1.165) is 35.8 Å². The van der Waals surface area contributed by atoms with Crippen molar-refractivity contribution in [2.24, 2.45) is 0 Å².